The lowest BCUT2D eigenvalue weighted by molar-refractivity contribution is 0.447. The monoisotopic (exact) mass is 374 g/mol. The Bertz CT molecular complexity index is 979. The van der Waals surface area contributed by atoms with E-state index in [1.807, 2.05) is 20.8 Å². The van der Waals surface area contributed by atoms with Gasteiger partial charge in [0.15, 0.2) is 10.6 Å². The van der Waals surface area contributed by atoms with Gasteiger partial charge in [-0.05, 0) is 42.4 Å². The molecule has 0 saturated carbocycles. The molecule has 0 unspecified atom stereocenters. The summed E-state index contributed by atoms with van der Waals surface area (Å²) in [6, 6.07) is 7.63. The summed E-state index contributed by atoms with van der Waals surface area (Å²) in [5.74, 6) is 0.172. The zero-order valence-corrected chi connectivity index (χ0v) is 15.6. The van der Waals surface area contributed by atoms with Crippen molar-refractivity contribution in [1.29, 1.82) is 0 Å². The summed E-state index contributed by atoms with van der Waals surface area (Å²) in [7, 11) is 0. The van der Waals surface area contributed by atoms with Crippen molar-refractivity contribution in [3.63, 3.8) is 0 Å². The fourth-order valence-electron chi connectivity index (χ4n) is 2.47. The lowest BCUT2D eigenvalue weighted by Gasteiger charge is -2.11. The third-order valence-corrected chi connectivity index (χ3v) is 4.04. The quantitative estimate of drug-likeness (QED) is 0.269. The number of aromatic amines is 1. The van der Waals surface area contributed by atoms with E-state index in [1.54, 1.807) is 22.8 Å². The smallest absolute Gasteiger partial charge is 0.200 e. The van der Waals surface area contributed by atoms with Crippen LogP contribution in [0.1, 0.15) is 26.3 Å². The Morgan fingerprint density at radius 2 is 1.77 bits per heavy atom. The lowest BCUT2D eigenvalue weighted by atomic mass is 10.1. The van der Waals surface area contributed by atoms with Crippen LogP contribution in [0.4, 0.5) is 5.69 Å². The van der Waals surface area contributed by atoms with Crippen LogP contribution in [-0.2, 0) is 6.42 Å². The number of nitrogens with two attached hydrogens (primary N) is 1. The van der Waals surface area contributed by atoms with Crippen LogP contribution in [0.2, 0.25) is 0 Å². The Labute approximate surface area is 156 Å². The predicted molar refractivity (Wildman–Crippen MR) is 104 cm³/mol. The van der Waals surface area contributed by atoms with E-state index in [1.165, 1.54) is 12.1 Å². The topological polar surface area (TPSA) is 120 Å². The number of H-pyrrole nitrogens is 1. The first kappa shape index (κ1) is 19.3. The van der Waals surface area contributed by atoms with Crippen molar-refractivity contribution in [3.8, 4) is 34.3 Å². The molecule has 0 radical (unpaired) electrons. The first-order valence-electron chi connectivity index (χ1n) is 8.24. The summed E-state index contributed by atoms with van der Waals surface area (Å²) in [6.45, 7) is 5.89. The molecule has 0 bridgehead atoms. The molecule has 138 valence electrons. The van der Waals surface area contributed by atoms with Gasteiger partial charge in [0.25, 0.3) is 0 Å². The fraction of sp³-hybridized carbons (Fsp3) is 0.222. The molecule has 0 aliphatic carbocycles. The van der Waals surface area contributed by atoms with Crippen LogP contribution in [0.25, 0.3) is 17.1 Å². The zero-order valence-electron chi connectivity index (χ0n) is 14.8. The number of aryl methyl sites for hydroxylation is 1. The van der Waals surface area contributed by atoms with Gasteiger partial charge in [-0.15, -0.1) is 0 Å². The number of anilines is 1. The third-order valence-electron chi connectivity index (χ3n) is 3.76. The molecule has 7 nitrogen and oxygen atoms in total. The van der Waals surface area contributed by atoms with Crippen LogP contribution in [0.5, 0.6) is 17.2 Å². The molecule has 0 aliphatic rings. The van der Waals surface area contributed by atoms with Crippen LogP contribution in [-0.4, -0.2) is 30.1 Å². The van der Waals surface area contributed by atoms with Gasteiger partial charge in [-0.1, -0.05) is 20.8 Å². The van der Waals surface area contributed by atoms with E-state index >= 15 is 0 Å². The number of phenols is 3. The number of hydrogen-bond acceptors (Lipinski definition) is 6. The molecule has 3 rings (SSSR count). The maximum absolute atomic E-state index is 10.2. The van der Waals surface area contributed by atoms with E-state index in [0.717, 1.165) is 0 Å². The predicted octanol–water partition coefficient (Wildman–Crippen LogP) is 3.88. The Hall–Kier alpha value is -3.00. The van der Waals surface area contributed by atoms with Crippen molar-refractivity contribution < 1.29 is 15.3 Å². The van der Waals surface area contributed by atoms with Crippen molar-refractivity contribution in [3.05, 3.63) is 40.7 Å². The van der Waals surface area contributed by atoms with Gasteiger partial charge in [0, 0.05) is 12.1 Å². The highest BCUT2D eigenvalue weighted by molar-refractivity contribution is 7.71. The molecule has 0 spiro atoms. The lowest BCUT2D eigenvalue weighted by Crippen LogP contribution is -1.99. The molecule has 0 amide bonds. The maximum atomic E-state index is 10.2. The number of aromatic hydroxyl groups is 3. The van der Waals surface area contributed by atoms with E-state index in [4.69, 9.17) is 18.0 Å². The highest BCUT2D eigenvalue weighted by Crippen LogP contribution is 2.35. The normalized spacial score (nSPS) is 10.3. The summed E-state index contributed by atoms with van der Waals surface area (Å²) in [5, 5.41) is 36.8. The largest absolute Gasteiger partial charge is 0.508 e. The number of nitrogens with one attached hydrogen (secondary N) is 1. The van der Waals surface area contributed by atoms with E-state index in [-0.39, 0.29) is 22.9 Å². The average Bonchev–Trinajstić information content (AvgIpc) is 3.01. The van der Waals surface area contributed by atoms with E-state index in [0.29, 0.717) is 33.8 Å². The molecule has 8 heteroatoms. The van der Waals surface area contributed by atoms with Gasteiger partial charge >= 0.3 is 0 Å². The number of benzene rings is 2. The maximum Gasteiger partial charge on any atom is 0.200 e. The van der Waals surface area contributed by atoms with Crippen molar-refractivity contribution in [1.82, 2.24) is 14.8 Å². The molecule has 0 aliphatic heterocycles. The number of hydrogen-bond donors (Lipinski definition) is 5. The molecule has 0 atom stereocenters. The van der Waals surface area contributed by atoms with Crippen molar-refractivity contribution in [2.75, 3.05) is 5.73 Å². The number of phenolic OH excluding ortho intramolecular Hbond substituents is 3. The van der Waals surface area contributed by atoms with Gasteiger partial charge in [0.05, 0.1) is 16.9 Å². The molecular formula is C18H22N4O3S. The van der Waals surface area contributed by atoms with Crippen molar-refractivity contribution in [2.24, 2.45) is 0 Å². The second kappa shape index (κ2) is 7.92. The Kier molecular flexibility index (Phi) is 5.89. The highest BCUT2D eigenvalue weighted by atomic mass is 32.1. The first-order valence-corrected chi connectivity index (χ1v) is 8.64. The van der Waals surface area contributed by atoms with Crippen LogP contribution in [0.15, 0.2) is 30.3 Å². The van der Waals surface area contributed by atoms with Gasteiger partial charge in [-0.2, -0.15) is 5.10 Å². The van der Waals surface area contributed by atoms with Gasteiger partial charge in [0.1, 0.15) is 17.2 Å². The summed E-state index contributed by atoms with van der Waals surface area (Å²) in [6.07, 6.45) is 0.590. The SMILES string of the molecule is CC.CCc1cc(-c2n[nH]c(=S)n2-c2ccc(N)c(O)c2)c(O)cc1O. The van der Waals surface area contributed by atoms with E-state index in [9.17, 15) is 15.3 Å². The Morgan fingerprint density at radius 1 is 1.08 bits per heavy atom. The zero-order chi connectivity index (χ0) is 19.4. The highest BCUT2D eigenvalue weighted by Gasteiger charge is 2.17. The standard InChI is InChI=1S/C16H16N4O3S.C2H6/c1-2-8-5-10(13(22)7-12(8)21)15-18-19-16(24)20(15)9-3-4-11(17)14(23)6-9;1-2/h3-7,21-23H,2,17H2,1H3,(H,19,24);1-2H3. The summed E-state index contributed by atoms with van der Waals surface area (Å²) in [5.41, 5.74) is 7.50. The Morgan fingerprint density at radius 3 is 2.38 bits per heavy atom. The fourth-order valence-corrected chi connectivity index (χ4v) is 2.71. The van der Waals surface area contributed by atoms with Crippen LogP contribution < -0.4 is 5.73 Å². The molecular weight excluding hydrogens is 352 g/mol. The van der Waals surface area contributed by atoms with Gasteiger partial charge in [0.2, 0.25) is 0 Å². The molecule has 1 aromatic heterocycles. The molecule has 1 heterocycles. The molecule has 2 aromatic carbocycles. The van der Waals surface area contributed by atoms with Crippen LogP contribution in [0.3, 0.4) is 0 Å². The molecule has 26 heavy (non-hydrogen) atoms. The minimum absolute atomic E-state index is 0.0181. The molecule has 6 N–H and O–H groups in total. The van der Waals surface area contributed by atoms with Crippen LogP contribution >= 0.6 is 12.2 Å². The first-order chi connectivity index (χ1) is 12.4. The minimum atomic E-state index is -0.125. The number of rotatable bonds is 3. The van der Waals surface area contributed by atoms with Gasteiger partial charge in [-0.25, -0.2) is 0 Å². The summed E-state index contributed by atoms with van der Waals surface area (Å²) >= 11 is 5.26. The van der Waals surface area contributed by atoms with E-state index < -0.39 is 0 Å². The molecule has 3 aromatic rings. The number of nitrogens with zero attached hydrogens (tertiary/aromatic N) is 2. The van der Waals surface area contributed by atoms with Crippen LogP contribution in [0, 0.1) is 4.77 Å². The molecule has 0 fully saturated rings. The summed E-state index contributed by atoms with van der Waals surface area (Å²) < 4.78 is 1.86. The van der Waals surface area contributed by atoms with Crippen molar-refractivity contribution in [2.45, 2.75) is 27.2 Å². The number of aromatic nitrogens is 3. The average molecular weight is 374 g/mol. The number of nitrogen functional groups attached to an aromatic ring is 1. The molecule has 0 saturated heterocycles. The van der Waals surface area contributed by atoms with Gasteiger partial charge < -0.3 is 21.1 Å². The minimum Gasteiger partial charge on any atom is -0.508 e. The van der Waals surface area contributed by atoms with Crippen molar-refractivity contribution >= 4 is 17.9 Å². The summed E-state index contributed by atoms with van der Waals surface area (Å²) in [4.78, 5) is 0. The Balaban J connectivity index is 0.00000117. The third kappa shape index (κ3) is 3.50. The second-order valence-corrected chi connectivity index (χ2v) is 5.67. The van der Waals surface area contributed by atoms with E-state index in [2.05, 4.69) is 10.2 Å². The second-order valence-electron chi connectivity index (χ2n) is 5.28. The van der Waals surface area contributed by atoms with Gasteiger partial charge in [-0.3, -0.25) is 9.67 Å².